The van der Waals surface area contributed by atoms with E-state index in [1.807, 2.05) is 28.8 Å². The van der Waals surface area contributed by atoms with Crippen molar-refractivity contribution in [2.45, 2.75) is 25.1 Å². The highest BCUT2D eigenvalue weighted by Crippen LogP contribution is 2.29. The summed E-state index contributed by atoms with van der Waals surface area (Å²) in [5.74, 6) is 1.90. The summed E-state index contributed by atoms with van der Waals surface area (Å²) in [6.07, 6.45) is 6.87. The van der Waals surface area contributed by atoms with Gasteiger partial charge in [0.2, 0.25) is 5.88 Å². The van der Waals surface area contributed by atoms with Crippen molar-refractivity contribution in [1.82, 2.24) is 24.7 Å². The van der Waals surface area contributed by atoms with E-state index in [0.29, 0.717) is 37.3 Å². The number of halogens is 1. The normalized spacial score (nSPS) is 22.3. The van der Waals surface area contributed by atoms with E-state index in [4.69, 9.17) is 4.74 Å². The SMILES string of the molecule is FC1CNCC1Nc1cccc(-c2cnc3cnc(OCC4CC4)cn23)n1. The highest BCUT2D eigenvalue weighted by molar-refractivity contribution is 5.61. The molecule has 2 N–H and O–H groups in total. The van der Waals surface area contributed by atoms with E-state index in [2.05, 4.69) is 25.6 Å². The Balaban J connectivity index is 1.42. The lowest BCUT2D eigenvalue weighted by atomic mass is 10.2. The fraction of sp³-hybridized carbons (Fsp3) is 0.421. The number of imidazole rings is 1. The molecular weight excluding hydrogens is 347 g/mol. The average Bonchev–Trinajstić information content (AvgIpc) is 3.30. The lowest BCUT2D eigenvalue weighted by molar-refractivity contribution is 0.287. The van der Waals surface area contributed by atoms with Crippen LogP contribution in [0.2, 0.25) is 0 Å². The Kier molecular flexibility index (Phi) is 4.12. The van der Waals surface area contributed by atoms with Gasteiger partial charge in [0.15, 0.2) is 5.65 Å². The van der Waals surface area contributed by atoms with E-state index < -0.39 is 6.17 Å². The highest BCUT2D eigenvalue weighted by atomic mass is 19.1. The Labute approximate surface area is 156 Å². The summed E-state index contributed by atoms with van der Waals surface area (Å²) < 4.78 is 21.6. The van der Waals surface area contributed by atoms with Gasteiger partial charge in [-0.25, -0.2) is 19.3 Å². The van der Waals surface area contributed by atoms with Gasteiger partial charge >= 0.3 is 0 Å². The first-order valence-corrected chi connectivity index (χ1v) is 9.31. The number of aromatic nitrogens is 4. The molecule has 1 aliphatic heterocycles. The Morgan fingerprint density at radius 2 is 2.15 bits per heavy atom. The monoisotopic (exact) mass is 368 g/mol. The summed E-state index contributed by atoms with van der Waals surface area (Å²) in [5, 5.41) is 6.22. The van der Waals surface area contributed by atoms with Crippen LogP contribution in [0.5, 0.6) is 5.88 Å². The van der Waals surface area contributed by atoms with Crippen LogP contribution in [0, 0.1) is 5.92 Å². The van der Waals surface area contributed by atoms with Crippen LogP contribution in [-0.4, -0.2) is 51.3 Å². The molecule has 1 saturated carbocycles. The van der Waals surface area contributed by atoms with E-state index in [-0.39, 0.29) is 6.04 Å². The zero-order valence-electron chi connectivity index (χ0n) is 14.8. The zero-order valence-corrected chi connectivity index (χ0v) is 14.8. The van der Waals surface area contributed by atoms with Gasteiger partial charge in [0.1, 0.15) is 12.0 Å². The third-order valence-electron chi connectivity index (χ3n) is 5.02. The molecule has 3 aromatic rings. The van der Waals surface area contributed by atoms with Gasteiger partial charge in [0.05, 0.1) is 42.6 Å². The summed E-state index contributed by atoms with van der Waals surface area (Å²) in [4.78, 5) is 13.4. The van der Waals surface area contributed by atoms with Gasteiger partial charge in [-0.1, -0.05) is 6.07 Å². The van der Waals surface area contributed by atoms with Crippen molar-refractivity contribution in [2.24, 2.45) is 5.92 Å². The van der Waals surface area contributed by atoms with Gasteiger partial charge < -0.3 is 15.4 Å². The van der Waals surface area contributed by atoms with Crippen LogP contribution in [0.4, 0.5) is 10.2 Å². The van der Waals surface area contributed by atoms with Crippen LogP contribution in [0.25, 0.3) is 17.0 Å². The minimum atomic E-state index is -0.913. The van der Waals surface area contributed by atoms with Crippen LogP contribution >= 0.6 is 0 Å². The number of fused-ring (bicyclic) bond motifs is 1. The molecular formula is C19H21FN6O. The standard InChI is InChI=1S/C19H21FN6O/c20-13-6-21-7-15(13)25-17-3-1-2-14(24-17)16-8-22-18-9-23-19(10-26(16)18)27-11-12-4-5-12/h1-3,8-10,12-13,15,21H,4-7,11H2,(H,24,25). The molecule has 4 heterocycles. The van der Waals surface area contributed by atoms with Gasteiger partial charge in [-0.15, -0.1) is 0 Å². The number of pyridine rings is 1. The lowest BCUT2D eigenvalue weighted by Crippen LogP contribution is -2.29. The number of hydrogen-bond acceptors (Lipinski definition) is 6. The molecule has 27 heavy (non-hydrogen) atoms. The van der Waals surface area contributed by atoms with Crippen LogP contribution < -0.4 is 15.4 Å². The molecule has 1 aliphatic carbocycles. The second kappa shape index (κ2) is 6.77. The van der Waals surface area contributed by atoms with Crippen LogP contribution in [0.1, 0.15) is 12.8 Å². The molecule has 0 bridgehead atoms. The Hall–Kier alpha value is -2.74. The first kappa shape index (κ1) is 16.4. The molecule has 2 aliphatic rings. The molecule has 1 saturated heterocycles. The predicted octanol–water partition coefficient (Wildman–Crippen LogP) is 2.30. The number of ether oxygens (including phenoxy) is 1. The summed E-state index contributed by atoms with van der Waals surface area (Å²) in [6, 6.07) is 5.41. The van der Waals surface area contributed by atoms with Crippen molar-refractivity contribution in [3.05, 3.63) is 36.8 Å². The molecule has 0 amide bonds. The minimum absolute atomic E-state index is 0.262. The van der Waals surface area contributed by atoms with Crippen LogP contribution in [0.15, 0.2) is 36.8 Å². The Morgan fingerprint density at radius 1 is 1.22 bits per heavy atom. The van der Waals surface area contributed by atoms with Crippen molar-refractivity contribution < 1.29 is 9.13 Å². The molecule has 0 aromatic carbocycles. The number of nitrogens with zero attached hydrogens (tertiary/aromatic N) is 4. The molecule has 8 heteroatoms. The molecule has 5 rings (SSSR count). The summed E-state index contributed by atoms with van der Waals surface area (Å²) >= 11 is 0. The number of alkyl halides is 1. The first-order valence-electron chi connectivity index (χ1n) is 9.31. The van der Waals surface area contributed by atoms with Gasteiger partial charge in [-0.05, 0) is 30.9 Å². The quantitative estimate of drug-likeness (QED) is 0.695. The molecule has 7 nitrogen and oxygen atoms in total. The number of hydrogen-bond donors (Lipinski definition) is 2. The van der Waals surface area contributed by atoms with E-state index >= 15 is 0 Å². The molecule has 2 fully saturated rings. The second-order valence-corrected chi connectivity index (χ2v) is 7.18. The van der Waals surface area contributed by atoms with E-state index in [0.717, 1.165) is 17.0 Å². The molecule has 2 atom stereocenters. The Bertz CT molecular complexity index is 956. The van der Waals surface area contributed by atoms with E-state index in [9.17, 15) is 4.39 Å². The van der Waals surface area contributed by atoms with Crippen molar-refractivity contribution >= 4 is 11.5 Å². The summed E-state index contributed by atoms with van der Waals surface area (Å²) in [7, 11) is 0. The lowest BCUT2D eigenvalue weighted by Gasteiger charge is -2.15. The number of anilines is 1. The molecule has 3 aromatic heterocycles. The first-order chi connectivity index (χ1) is 13.3. The highest BCUT2D eigenvalue weighted by Gasteiger charge is 2.26. The fourth-order valence-corrected chi connectivity index (χ4v) is 3.26. The van der Waals surface area contributed by atoms with E-state index in [1.54, 1.807) is 12.4 Å². The molecule has 0 radical (unpaired) electrons. The molecule has 140 valence electrons. The fourth-order valence-electron chi connectivity index (χ4n) is 3.26. The second-order valence-electron chi connectivity index (χ2n) is 7.18. The Morgan fingerprint density at radius 3 is 2.96 bits per heavy atom. The van der Waals surface area contributed by atoms with Crippen LogP contribution in [-0.2, 0) is 0 Å². The topological polar surface area (TPSA) is 76.4 Å². The summed E-state index contributed by atoms with van der Waals surface area (Å²) in [5.41, 5.74) is 2.33. The average molecular weight is 368 g/mol. The smallest absolute Gasteiger partial charge is 0.230 e. The summed E-state index contributed by atoms with van der Waals surface area (Å²) in [6.45, 7) is 1.68. The number of nitrogens with one attached hydrogen (secondary N) is 2. The predicted molar refractivity (Wildman–Crippen MR) is 99.6 cm³/mol. The maximum atomic E-state index is 13.8. The van der Waals surface area contributed by atoms with Crippen molar-refractivity contribution in [3.63, 3.8) is 0 Å². The van der Waals surface area contributed by atoms with Crippen molar-refractivity contribution in [1.29, 1.82) is 0 Å². The zero-order chi connectivity index (χ0) is 18.2. The van der Waals surface area contributed by atoms with Crippen molar-refractivity contribution in [3.8, 4) is 17.3 Å². The third kappa shape index (κ3) is 3.44. The molecule has 0 spiro atoms. The largest absolute Gasteiger partial charge is 0.476 e. The van der Waals surface area contributed by atoms with Crippen molar-refractivity contribution in [2.75, 3.05) is 25.0 Å². The van der Waals surface area contributed by atoms with Gasteiger partial charge in [-0.3, -0.25) is 4.40 Å². The number of rotatable bonds is 6. The van der Waals surface area contributed by atoms with Crippen LogP contribution in [0.3, 0.4) is 0 Å². The van der Waals surface area contributed by atoms with Gasteiger partial charge in [0, 0.05) is 13.1 Å². The minimum Gasteiger partial charge on any atom is -0.476 e. The maximum Gasteiger partial charge on any atom is 0.230 e. The third-order valence-corrected chi connectivity index (χ3v) is 5.02. The van der Waals surface area contributed by atoms with E-state index in [1.165, 1.54) is 12.8 Å². The van der Waals surface area contributed by atoms with Gasteiger partial charge in [0.25, 0.3) is 0 Å². The van der Waals surface area contributed by atoms with Gasteiger partial charge in [-0.2, -0.15) is 0 Å². The maximum absolute atomic E-state index is 13.8. The molecule has 2 unspecified atom stereocenters.